The van der Waals surface area contributed by atoms with Crippen LogP contribution in [0.1, 0.15) is 6.42 Å². The third kappa shape index (κ3) is 2.93. The zero-order valence-electron chi connectivity index (χ0n) is 8.48. The molecule has 0 spiro atoms. The van der Waals surface area contributed by atoms with Crippen LogP contribution < -0.4 is 10.2 Å². The summed E-state index contributed by atoms with van der Waals surface area (Å²) in [6.07, 6.45) is 1.15. The van der Waals surface area contributed by atoms with E-state index < -0.39 is 0 Å². The number of hydrogen-bond donors (Lipinski definition) is 1. The van der Waals surface area contributed by atoms with Crippen LogP contribution in [0.2, 0.25) is 5.15 Å². The van der Waals surface area contributed by atoms with E-state index in [0.29, 0.717) is 11.2 Å². The van der Waals surface area contributed by atoms with Gasteiger partial charge in [-0.25, -0.2) is 0 Å². The van der Waals surface area contributed by atoms with Crippen molar-refractivity contribution in [1.82, 2.24) is 15.5 Å². The first-order chi connectivity index (χ1) is 6.77. The quantitative estimate of drug-likeness (QED) is 0.859. The van der Waals surface area contributed by atoms with Crippen LogP contribution in [0.4, 0.5) is 5.82 Å². The number of aromatic nitrogens is 2. The molecule has 1 atom stereocenters. The van der Waals surface area contributed by atoms with E-state index in [1.54, 1.807) is 6.07 Å². The minimum atomic E-state index is 0. The molecule has 0 aromatic carbocycles. The molecule has 84 valence electrons. The Bertz CT molecular complexity index is 297. The Morgan fingerprint density at radius 3 is 2.80 bits per heavy atom. The smallest absolute Gasteiger partial charge is 0.151 e. The number of nitrogens with zero attached hydrogens (tertiary/aromatic N) is 3. The predicted molar refractivity (Wildman–Crippen MR) is 64.0 cm³/mol. The average molecular weight is 249 g/mol. The number of likely N-dealkylation sites (N-methyl/N-ethyl adjacent to an activating group) is 1. The fourth-order valence-corrected chi connectivity index (χ4v) is 1.75. The SMILES string of the molecule is CN(c1ccc(Cl)nn1)[C@H]1CCNC1.Cl. The lowest BCUT2D eigenvalue weighted by Gasteiger charge is -2.23. The largest absolute Gasteiger partial charge is 0.354 e. The lowest BCUT2D eigenvalue weighted by atomic mass is 10.2. The summed E-state index contributed by atoms with van der Waals surface area (Å²) < 4.78 is 0. The minimum Gasteiger partial charge on any atom is -0.354 e. The molecule has 0 bridgehead atoms. The number of rotatable bonds is 2. The summed E-state index contributed by atoms with van der Waals surface area (Å²) in [5, 5.41) is 11.6. The van der Waals surface area contributed by atoms with Crippen molar-refractivity contribution in [2.24, 2.45) is 0 Å². The summed E-state index contributed by atoms with van der Waals surface area (Å²) in [4.78, 5) is 2.14. The Labute approximate surface area is 100 Å². The maximum absolute atomic E-state index is 5.67. The summed E-state index contributed by atoms with van der Waals surface area (Å²) in [7, 11) is 2.04. The Hall–Kier alpha value is -0.580. The third-order valence-electron chi connectivity index (χ3n) is 2.56. The molecule has 0 radical (unpaired) electrons. The highest BCUT2D eigenvalue weighted by Gasteiger charge is 2.20. The van der Waals surface area contributed by atoms with Crippen LogP contribution >= 0.6 is 24.0 Å². The molecule has 2 heterocycles. The van der Waals surface area contributed by atoms with Crippen molar-refractivity contribution < 1.29 is 0 Å². The van der Waals surface area contributed by atoms with Gasteiger partial charge in [-0.05, 0) is 25.1 Å². The molecule has 0 saturated carbocycles. The van der Waals surface area contributed by atoms with Crippen LogP contribution in [0.15, 0.2) is 12.1 Å². The van der Waals surface area contributed by atoms with Crippen molar-refractivity contribution in [3.05, 3.63) is 17.3 Å². The van der Waals surface area contributed by atoms with Gasteiger partial charge in [-0.2, -0.15) is 0 Å². The van der Waals surface area contributed by atoms with Gasteiger partial charge in [-0.15, -0.1) is 22.6 Å². The summed E-state index contributed by atoms with van der Waals surface area (Å²) >= 11 is 5.67. The number of hydrogen-bond acceptors (Lipinski definition) is 4. The Balaban J connectivity index is 0.00000112. The van der Waals surface area contributed by atoms with Gasteiger partial charge in [-0.3, -0.25) is 0 Å². The molecule has 1 aromatic heterocycles. The van der Waals surface area contributed by atoms with Crippen LogP contribution in [0.5, 0.6) is 0 Å². The van der Waals surface area contributed by atoms with Crippen molar-refractivity contribution in [2.45, 2.75) is 12.5 Å². The van der Waals surface area contributed by atoms with E-state index in [1.165, 1.54) is 0 Å². The van der Waals surface area contributed by atoms with Crippen molar-refractivity contribution in [2.75, 3.05) is 25.0 Å². The zero-order valence-corrected chi connectivity index (χ0v) is 10.1. The maximum Gasteiger partial charge on any atom is 0.151 e. The molecule has 1 fully saturated rings. The number of anilines is 1. The molecular weight excluding hydrogens is 235 g/mol. The molecule has 1 aliphatic heterocycles. The van der Waals surface area contributed by atoms with Crippen molar-refractivity contribution in [3.63, 3.8) is 0 Å². The molecule has 1 aromatic rings. The topological polar surface area (TPSA) is 41.1 Å². The second-order valence-electron chi connectivity index (χ2n) is 3.47. The van der Waals surface area contributed by atoms with Gasteiger partial charge in [0.1, 0.15) is 0 Å². The summed E-state index contributed by atoms with van der Waals surface area (Å²) in [5.41, 5.74) is 0. The second kappa shape index (κ2) is 5.49. The third-order valence-corrected chi connectivity index (χ3v) is 2.76. The second-order valence-corrected chi connectivity index (χ2v) is 3.86. The lowest BCUT2D eigenvalue weighted by Crippen LogP contribution is -2.33. The maximum atomic E-state index is 5.67. The van der Waals surface area contributed by atoms with Gasteiger partial charge in [0.05, 0.1) is 0 Å². The van der Waals surface area contributed by atoms with Gasteiger partial charge in [0.2, 0.25) is 0 Å². The van der Waals surface area contributed by atoms with Gasteiger partial charge >= 0.3 is 0 Å². The Morgan fingerprint density at radius 2 is 2.27 bits per heavy atom. The van der Waals surface area contributed by atoms with Crippen LogP contribution in [0, 0.1) is 0 Å². The van der Waals surface area contributed by atoms with E-state index in [1.807, 2.05) is 13.1 Å². The molecule has 1 aliphatic rings. The normalized spacial score (nSPS) is 19.7. The molecule has 0 aliphatic carbocycles. The van der Waals surface area contributed by atoms with E-state index in [0.717, 1.165) is 25.3 Å². The van der Waals surface area contributed by atoms with E-state index >= 15 is 0 Å². The van der Waals surface area contributed by atoms with Crippen LogP contribution in [0.3, 0.4) is 0 Å². The standard InChI is InChI=1S/C9H13ClN4.ClH/c1-14(7-4-5-11-6-7)9-3-2-8(10)12-13-9;/h2-3,7,11H,4-6H2,1H3;1H/t7-;/m0./s1. The molecule has 1 saturated heterocycles. The first-order valence-corrected chi connectivity index (χ1v) is 5.08. The minimum absolute atomic E-state index is 0. The van der Waals surface area contributed by atoms with Crippen molar-refractivity contribution in [3.8, 4) is 0 Å². The fourth-order valence-electron chi connectivity index (χ4n) is 1.65. The van der Waals surface area contributed by atoms with E-state index in [-0.39, 0.29) is 12.4 Å². The number of halogens is 2. The first kappa shape index (κ1) is 12.5. The highest BCUT2D eigenvalue weighted by atomic mass is 35.5. The molecule has 4 nitrogen and oxygen atoms in total. The molecule has 0 amide bonds. The van der Waals surface area contributed by atoms with Gasteiger partial charge < -0.3 is 10.2 Å². The Kier molecular flexibility index (Phi) is 4.57. The van der Waals surface area contributed by atoms with E-state index in [9.17, 15) is 0 Å². The van der Waals surface area contributed by atoms with Crippen LogP contribution in [0.25, 0.3) is 0 Å². The average Bonchev–Trinajstić information content (AvgIpc) is 2.71. The predicted octanol–water partition coefficient (Wildman–Crippen LogP) is 1.35. The van der Waals surface area contributed by atoms with Crippen LogP contribution in [-0.2, 0) is 0 Å². The van der Waals surface area contributed by atoms with Crippen molar-refractivity contribution in [1.29, 1.82) is 0 Å². The van der Waals surface area contributed by atoms with Gasteiger partial charge in [0, 0.05) is 19.6 Å². The molecule has 15 heavy (non-hydrogen) atoms. The molecular formula is C9H14Cl2N4. The lowest BCUT2D eigenvalue weighted by molar-refractivity contribution is 0.672. The summed E-state index contributed by atoms with van der Waals surface area (Å²) in [6.45, 7) is 2.09. The van der Waals surface area contributed by atoms with Crippen molar-refractivity contribution >= 4 is 29.8 Å². The Morgan fingerprint density at radius 1 is 1.47 bits per heavy atom. The van der Waals surface area contributed by atoms with E-state index in [4.69, 9.17) is 11.6 Å². The summed E-state index contributed by atoms with van der Waals surface area (Å²) in [6, 6.07) is 4.18. The van der Waals surface area contributed by atoms with E-state index in [2.05, 4.69) is 20.4 Å². The highest BCUT2D eigenvalue weighted by Crippen LogP contribution is 2.15. The van der Waals surface area contributed by atoms with Crippen LogP contribution in [-0.4, -0.2) is 36.4 Å². The zero-order chi connectivity index (χ0) is 9.97. The molecule has 2 rings (SSSR count). The van der Waals surface area contributed by atoms with Gasteiger partial charge in [-0.1, -0.05) is 11.6 Å². The summed E-state index contributed by atoms with van der Waals surface area (Å²) in [5.74, 6) is 0.878. The molecule has 0 unspecified atom stereocenters. The fraction of sp³-hybridized carbons (Fsp3) is 0.556. The highest BCUT2D eigenvalue weighted by molar-refractivity contribution is 6.29. The molecule has 6 heteroatoms. The first-order valence-electron chi connectivity index (χ1n) is 4.70. The van der Waals surface area contributed by atoms with Gasteiger partial charge in [0.15, 0.2) is 11.0 Å². The molecule has 1 N–H and O–H groups in total. The monoisotopic (exact) mass is 248 g/mol. The number of nitrogens with one attached hydrogen (secondary N) is 1. The van der Waals surface area contributed by atoms with Gasteiger partial charge in [0.25, 0.3) is 0 Å².